The van der Waals surface area contributed by atoms with Crippen molar-refractivity contribution in [1.82, 2.24) is 9.80 Å². The first kappa shape index (κ1) is 19.8. The first-order chi connectivity index (χ1) is 13.3. The smallest absolute Gasteiger partial charge is 0.324 e. The normalized spacial score (nSPS) is 14.1. The molecule has 0 spiro atoms. The molecule has 0 N–H and O–H groups in total. The topological polar surface area (TPSA) is 93.0 Å². The Morgan fingerprint density at radius 2 is 1.79 bits per heavy atom. The Bertz CT molecular complexity index is 903. The summed E-state index contributed by atoms with van der Waals surface area (Å²) in [6, 6.07) is 8.65. The summed E-state index contributed by atoms with van der Waals surface area (Å²) in [7, 11) is 0. The lowest BCUT2D eigenvalue weighted by atomic mass is 10.1. The number of nitrogens with zero attached hydrogens (tertiary/aromatic N) is 3. The largest absolute Gasteiger partial charge is 0.483 e. The van der Waals surface area contributed by atoms with Crippen LogP contribution in [0.5, 0.6) is 5.75 Å². The van der Waals surface area contributed by atoms with Crippen LogP contribution in [0.1, 0.15) is 20.8 Å². The number of ether oxygens (including phenoxy) is 1. The van der Waals surface area contributed by atoms with Gasteiger partial charge in [-0.05, 0) is 37.1 Å². The number of nitro groups is 1. The van der Waals surface area contributed by atoms with Crippen molar-refractivity contribution in [2.24, 2.45) is 0 Å². The van der Waals surface area contributed by atoms with Crippen molar-refractivity contribution < 1.29 is 19.2 Å². The van der Waals surface area contributed by atoms with E-state index in [2.05, 4.69) is 0 Å². The van der Waals surface area contributed by atoms with Crippen molar-refractivity contribution in [3.63, 3.8) is 0 Å². The molecule has 1 aromatic carbocycles. The molecule has 1 aromatic heterocycles. The van der Waals surface area contributed by atoms with Crippen LogP contribution < -0.4 is 4.74 Å². The molecule has 0 saturated carbocycles. The SMILES string of the molecule is Cc1ccc(C)c(OCC(=O)N2CCN(C(=O)c3ccc([N+](=O)[O-])s3)CC2)c1. The summed E-state index contributed by atoms with van der Waals surface area (Å²) in [5.74, 6) is 0.332. The third kappa shape index (κ3) is 4.48. The molecular formula is C19H21N3O5S. The molecule has 2 aromatic rings. The van der Waals surface area contributed by atoms with Gasteiger partial charge in [0, 0.05) is 32.2 Å². The van der Waals surface area contributed by atoms with E-state index in [-0.39, 0.29) is 23.4 Å². The molecule has 2 heterocycles. The Kier molecular flexibility index (Phi) is 5.93. The number of hydrogen-bond donors (Lipinski definition) is 0. The zero-order valence-electron chi connectivity index (χ0n) is 15.7. The number of carbonyl (C=O) groups excluding carboxylic acids is 2. The molecule has 28 heavy (non-hydrogen) atoms. The van der Waals surface area contributed by atoms with E-state index >= 15 is 0 Å². The minimum atomic E-state index is -0.506. The van der Waals surface area contributed by atoms with Crippen LogP contribution in [0.2, 0.25) is 0 Å². The van der Waals surface area contributed by atoms with Gasteiger partial charge in [-0.1, -0.05) is 23.5 Å². The van der Waals surface area contributed by atoms with Gasteiger partial charge in [-0.3, -0.25) is 19.7 Å². The molecule has 0 aliphatic carbocycles. The lowest BCUT2D eigenvalue weighted by Crippen LogP contribution is -2.51. The van der Waals surface area contributed by atoms with Crippen molar-refractivity contribution in [1.29, 1.82) is 0 Å². The van der Waals surface area contributed by atoms with E-state index in [1.807, 2.05) is 32.0 Å². The van der Waals surface area contributed by atoms with Crippen molar-refractivity contribution in [2.75, 3.05) is 32.8 Å². The number of thiophene rings is 1. The van der Waals surface area contributed by atoms with E-state index in [1.165, 1.54) is 12.1 Å². The molecule has 148 valence electrons. The van der Waals surface area contributed by atoms with Gasteiger partial charge >= 0.3 is 5.00 Å². The highest BCUT2D eigenvalue weighted by molar-refractivity contribution is 7.17. The second kappa shape index (κ2) is 8.39. The highest BCUT2D eigenvalue weighted by atomic mass is 32.1. The fourth-order valence-corrected chi connectivity index (χ4v) is 3.74. The Morgan fingerprint density at radius 1 is 1.11 bits per heavy atom. The van der Waals surface area contributed by atoms with Crippen LogP contribution in [0.25, 0.3) is 0 Å². The van der Waals surface area contributed by atoms with E-state index in [0.717, 1.165) is 22.5 Å². The molecule has 0 unspecified atom stereocenters. The van der Waals surface area contributed by atoms with E-state index in [1.54, 1.807) is 9.80 Å². The molecule has 1 aliphatic rings. The Balaban J connectivity index is 1.51. The van der Waals surface area contributed by atoms with Gasteiger partial charge < -0.3 is 14.5 Å². The summed E-state index contributed by atoms with van der Waals surface area (Å²) in [6.07, 6.45) is 0. The van der Waals surface area contributed by atoms with Crippen molar-refractivity contribution >= 4 is 28.2 Å². The molecule has 1 fully saturated rings. The molecule has 9 heteroatoms. The van der Waals surface area contributed by atoms with Crippen molar-refractivity contribution in [2.45, 2.75) is 13.8 Å². The van der Waals surface area contributed by atoms with Crippen LogP contribution in [-0.2, 0) is 4.79 Å². The molecule has 8 nitrogen and oxygen atoms in total. The summed E-state index contributed by atoms with van der Waals surface area (Å²) >= 11 is 0.867. The Hall–Kier alpha value is -2.94. The lowest BCUT2D eigenvalue weighted by Gasteiger charge is -2.34. The van der Waals surface area contributed by atoms with E-state index < -0.39 is 4.92 Å². The average Bonchev–Trinajstić information content (AvgIpc) is 3.18. The number of carbonyl (C=O) groups is 2. The number of hydrogen-bond acceptors (Lipinski definition) is 6. The molecular weight excluding hydrogens is 382 g/mol. The number of piperazine rings is 1. The van der Waals surface area contributed by atoms with E-state index in [0.29, 0.717) is 36.8 Å². The summed E-state index contributed by atoms with van der Waals surface area (Å²) in [5.41, 5.74) is 2.04. The quantitative estimate of drug-likeness (QED) is 0.565. The fraction of sp³-hybridized carbons (Fsp3) is 0.368. The van der Waals surface area contributed by atoms with Crippen molar-refractivity contribution in [3.05, 3.63) is 56.5 Å². The number of aryl methyl sites for hydroxylation is 2. The van der Waals surface area contributed by atoms with Gasteiger partial charge in [-0.15, -0.1) is 0 Å². The van der Waals surface area contributed by atoms with Gasteiger partial charge in [0.15, 0.2) is 6.61 Å². The first-order valence-electron chi connectivity index (χ1n) is 8.86. The average molecular weight is 403 g/mol. The maximum Gasteiger partial charge on any atom is 0.324 e. The monoisotopic (exact) mass is 403 g/mol. The summed E-state index contributed by atoms with van der Waals surface area (Å²) in [5, 5.41) is 10.7. The molecule has 0 bridgehead atoms. The van der Waals surface area contributed by atoms with Gasteiger partial charge in [0.05, 0.1) is 9.80 Å². The minimum absolute atomic E-state index is 0.0463. The molecule has 0 atom stereocenters. The summed E-state index contributed by atoms with van der Waals surface area (Å²) < 4.78 is 5.67. The van der Waals surface area contributed by atoms with Crippen LogP contribution in [0.3, 0.4) is 0 Å². The highest BCUT2D eigenvalue weighted by Crippen LogP contribution is 2.25. The standard InChI is InChI=1S/C19H21N3O5S/c1-13-3-4-14(2)15(11-13)27-12-17(23)20-7-9-21(10-8-20)19(24)16-5-6-18(28-16)22(25)26/h3-6,11H,7-10,12H2,1-2H3. The molecule has 1 saturated heterocycles. The van der Waals surface area contributed by atoms with Gasteiger partial charge in [0.25, 0.3) is 11.8 Å². The number of benzene rings is 1. The molecule has 1 aliphatic heterocycles. The van der Waals surface area contributed by atoms with Crippen molar-refractivity contribution in [3.8, 4) is 5.75 Å². The Morgan fingerprint density at radius 3 is 2.43 bits per heavy atom. The second-order valence-electron chi connectivity index (χ2n) is 6.63. The highest BCUT2D eigenvalue weighted by Gasteiger charge is 2.27. The maximum atomic E-state index is 12.5. The summed E-state index contributed by atoms with van der Waals surface area (Å²) in [6.45, 7) is 5.45. The predicted octanol–water partition coefficient (Wildman–Crippen LogP) is 2.64. The Labute approximate surface area is 166 Å². The number of amides is 2. The minimum Gasteiger partial charge on any atom is -0.483 e. The van der Waals surface area contributed by atoms with Gasteiger partial charge in [-0.25, -0.2) is 0 Å². The molecule has 3 rings (SSSR count). The fourth-order valence-electron chi connectivity index (χ4n) is 2.95. The number of rotatable bonds is 5. The van der Waals surface area contributed by atoms with Gasteiger partial charge in [0.2, 0.25) is 0 Å². The maximum absolute atomic E-state index is 12.5. The van der Waals surface area contributed by atoms with Gasteiger partial charge in [0.1, 0.15) is 5.75 Å². The van der Waals surface area contributed by atoms with Crippen LogP contribution in [0, 0.1) is 24.0 Å². The zero-order valence-corrected chi connectivity index (χ0v) is 16.5. The third-order valence-corrected chi connectivity index (χ3v) is 5.62. The zero-order chi connectivity index (χ0) is 20.3. The van der Waals surface area contributed by atoms with Crippen LogP contribution in [0.4, 0.5) is 5.00 Å². The molecule has 2 amide bonds. The second-order valence-corrected chi connectivity index (χ2v) is 7.69. The van der Waals surface area contributed by atoms with Crippen LogP contribution >= 0.6 is 11.3 Å². The predicted molar refractivity (Wildman–Crippen MR) is 105 cm³/mol. The van der Waals surface area contributed by atoms with Crippen LogP contribution in [0.15, 0.2) is 30.3 Å². The summed E-state index contributed by atoms with van der Waals surface area (Å²) in [4.78, 5) is 38.8. The first-order valence-corrected chi connectivity index (χ1v) is 9.68. The molecule has 0 radical (unpaired) electrons. The lowest BCUT2D eigenvalue weighted by molar-refractivity contribution is -0.380. The third-order valence-electron chi connectivity index (χ3n) is 4.60. The van der Waals surface area contributed by atoms with E-state index in [9.17, 15) is 19.7 Å². The van der Waals surface area contributed by atoms with E-state index in [4.69, 9.17) is 4.74 Å². The van der Waals surface area contributed by atoms with Crippen LogP contribution in [-0.4, -0.2) is 59.3 Å². The van der Waals surface area contributed by atoms with Gasteiger partial charge in [-0.2, -0.15) is 0 Å².